The quantitative estimate of drug-likeness (QED) is 0.699. The SMILES string of the molecule is CS(=O)(=O)N1CCC(NCC(=O)NC2CCOCC2)CC1. The molecule has 2 saturated heterocycles. The maximum atomic E-state index is 11.9. The summed E-state index contributed by atoms with van der Waals surface area (Å²) >= 11 is 0. The first-order chi connectivity index (χ1) is 9.95. The summed E-state index contributed by atoms with van der Waals surface area (Å²) in [4.78, 5) is 11.9. The Balaban J connectivity index is 1.64. The van der Waals surface area contributed by atoms with E-state index in [1.54, 1.807) is 0 Å². The van der Waals surface area contributed by atoms with Gasteiger partial charge in [-0.3, -0.25) is 4.79 Å². The number of ether oxygens (including phenoxy) is 1. The van der Waals surface area contributed by atoms with Crippen LogP contribution in [0.4, 0.5) is 0 Å². The van der Waals surface area contributed by atoms with E-state index in [-0.39, 0.29) is 18.0 Å². The Bertz CT molecular complexity index is 440. The third kappa shape index (κ3) is 5.54. The molecule has 21 heavy (non-hydrogen) atoms. The molecule has 2 fully saturated rings. The van der Waals surface area contributed by atoms with Gasteiger partial charge in [0, 0.05) is 38.4 Å². The molecule has 2 heterocycles. The van der Waals surface area contributed by atoms with Gasteiger partial charge in [-0.25, -0.2) is 12.7 Å². The molecule has 8 heteroatoms. The Hall–Kier alpha value is -0.700. The molecule has 0 unspecified atom stereocenters. The van der Waals surface area contributed by atoms with Crippen molar-refractivity contribution in [3.05, 3.63) is 0 Å². The fraction of sp³-hybridized carbons (Fsp3) is 0.923. The predicted octanol–water partition coefficient (Wildman–Crippen LogP) is -0.705. The summed E-state index contributed by atoms with van der Waals surface area (Å²) in [5.74, 6) is 0.00689. The van der Waals surface area contributed by atoms with E-state index in [2.05, 4.69) is 10.6 Å². The zero-order valence-corrected chi connectivity index (χ0v) is 13.3. The highest BCUT2D eigenvalue weighted by Gasteiger charge is 2.25. The number of hydrogen-bond acceptors (Lipinski definition) is 5. The molecule has 0 aromatic rings. The molecule has 1 amide bonds. The van der Waals surface area contributed by atoms with Crippen molar-refractivity contribution in [1.82, 2.24) is 14.9 Å². The molecule has 2 aliphatic heterocycles. The average molecular weight is 319 g/mol. The standard InChI is InChI=1S/C13H25N3O4S/c1-21(18,19)16-6-2-11(3-7-16)14-10-13(17)15-12-4-8-20-9-5-12/h11-12,14H,2-10H2,1H3,(H,15,17). The topological polar surface area (TPSA) is 87.7 Å². The van der Waals surface area contributed by atoms with E-state index in [1.165, 1.54) is 10.6 Å². The summed E-state index contributed by atoms with van der Waals surface area (Å²) in [7, 11) is -3.09. The maximum Gasteiger partial charge on any atom is 0.234 e. The van der Waals surface area contributed by atoms with Gasteiger partial charge in [0.25, 0.3) is 0 Å². The Kier molecular flexibility index (Phi) is 5.98. The Morgan fingerprint density at radius 2 is 1.76 bits per heavy atom. The van der Waals surface area contributed by atoms with Crippen LogP contribution in [0.15, 0.2) is 0 Å². The lowest BCUT2D eigenvalue weighted by molar-refractivity contribution is -0.121. The lowest BCUT2D eigenvalue weighted by Crippen LogP contribution is -2.48. The summed E-state index contributed by atoms with van der Waals surface area (Å²) in [6.07, 6.45) is 4.48. The smallest absolute Gasteiger partial charge is 0.234 e. The number of carbonyl (C=O) groups excluding carboxylic acids is 1. The second-order valence-corrected chi connectivity index (χ2v) is 7.75. The number of hydrogen-bond donors (Lipinski definition) is 2. The second-order valence-electron chi connectivity index (χ2n) is 5.77. The minimum Gasteiger partial charge on any atom is -0.381 e. The molecule has 2 rings (SSSR count). The van der Waals surface area contributed by atoms with Crippen LogP contribution in [0.5, 0.6) is 0 Å². The van der Waals surface area contributed by atoms with Gasteiger partial charge in [0.15, 0.2) is 0 Å². The summed E-state index contributed by atoms with van der Waals surface area (Å²) in [6.45, 7) is 2.77. The molecule has 2 N–H and O–H groups in total. The summed E-state index contributed by atoms with van der Waals surface area (Å²) < 4.78 is 29.6. The minimum atomic E-state index is -3.09. The van der Waals surface area contributed by atoms with Crippen LogP contribution < -0.4 is 10.6 Å². The normalized spacial score (nSPS) is 23.1. The summed E-state index contributed by atoms with van der Waals surface area (Å²) in [5, 5.41) is 6.22. The fourth-order valence-electron chi connectivity index (χ4n) is 2.75. The molecule has 0 aromatic heterocycles. The third-order valence-corrected chi connectivity index (χ3v) is 5.36. The number of carbonyl (C=O) groups is 1. The van der Waals surface area contributed by atoms with Crippen LogP contribution in [-0.4, -0.2) is 69.8 Å². The number of rotatable bonds is 5. The predicted molar refractivity (Wildman–Crippen MR) is 79.4 cm³/mol. The van der Waals surface area contributed by atoms with Crippen LogP contribution in [0.2, 0.25) is 0 Å². The van der Waals surface area contributed by atoms with Gasteiger partial charge >= 0.3 is 0 Å². The molecule has 0 spiro atoms. The van der Waals surface area contributed by atoms with Crippen LogP contribution in [0.25, 0.3) is 0 Å². The minimum absolute atomic E-state index is 0.00689. The van der Waals surface area contributed by atoms with Crippen molar-refractivity contribution in [1.29, 1.82) is 0 Å². The van der Waals surface area contributed by atoms with Crippen LogP contribution >= 0.6 is 0 Å². The maximum absolute atomic E-state index is 11.9. The largest absolute Gasteiger partial charge is 0.381 e. The van der Waals surface area contributed by atoms with Crippen molar-refractivity contribution >= 4 is 15.9 Å². The van der Waals surface area contributed by atoms with Crippen molar-refractivity contribution in [2.45, 2.75) is 37.8 Å². The molecule has 0 saturated carbocycles. The van der Waals surface area contributed by atoms with Crippen molar-refractivity contribution in [2.75, 3.05) is 39.1 Å². The van der Waals surface area contributed by atoms with Crippen LogP contribution in [0, 0.1) is 0 Å². The number of sulfonamides is 1. The zero-order valence-electron chi connectivity index (χ0n) is 12.5. The monoisotopic (exact) mass is 319 g/mol. The van der Waals surface area contributed by atoms with Crippen molar-refractivity contribution < 1.29 is 17.9 Å². The molecule has 2 aliphatic rings. The van der Waals surface area contributed by atoms with Gasteiger partial charge in [0.05, 0.1) is 12.8 Å². The highest BCUT2D eigenvalue weighted by Crippen LogP contribution is 2.13. The van der Waals surface area contributed by atoms with Gasteiger partial charge in [-0.2, -0.15) is 0 Å². The fourth-order valence-corrected chi connectivity index (χ4v) is 3.62. The van der Waals surface area contributed by atoms with Gasteiger partial charge in [-0.1, -0.05) is 0 Å². The summed E-state index contributed by atoms with van der Waals surface area (Å²) in [5.41, 5.74) is 0. The molecule has 0 bridgehead atoms. The highest BCUT2D eigenvalue weighted by atomic mass is 32.2. The number of piperidine rings is 1. The van der Waals surface area contributed by atoms with E-state index < -0.39 is 10.0 Å². The summed E-state index contributed by atoms with van der Waals surface area (Å²) in [6, 6.07) is 0.434. The molecular formula is C13H25N3O4S. The number of amides is 1. The van der Waals surface area contributed by atoms with Crippen LogP contribution in [0.3, 0.4) is 0 Å². The number of nitrogens with zero attached hydrogens (tertiary/aromatic N) is 1. The second kappa shape index (κ2) is 7.53. The van der Waals surface area contributed by atoms with Gasteiger partial charge in [0.1, 0.15) is 0 Å². The Morgan fingerprint density at radius 1 is 1.14 bits per heavy atom. The molecule has 7 nitrogen and oxygen atoms in total. The van der Waals surface area contributed by atoms with Crippen LogP contribution in [0.1, 0.15) is 25.7 Å². The van der Waals surface area contributed by atoms with Gasteiger partial charge in [-0.15, -0.1) is 0 Å². The van der Waals surface area contributed by atoms with E-state index in [0.29, 0.717) is 32.8 Å². The van der Waals surface area contributed by atoms with Crippen LogP contribution in [-0.2, 0) is 19.6 Å². The van der Waals surface area contributed by atoms with E-state index in [0.717, 1.165) is 25.7 Å². The molecule has 0 aromatic carbocycles. The molecule has 0 aliphatic carbocycles. The van der Waals surface area contributed by atoms with Crippen molar-refractivity contribution in [3.63, 3.8) is 0 Å². The first-order valence-corrected chi connectivity index (χ1v) is 9.35. The van der Waals surface area contributed by atoms with Gasteiger partial charge in [0.2, 0.25) is 15.9 Å². The highest BCUT2D eigenvalue weighted by molar-refractivity contribution is 7.88. The van der Waals surface area contributed by atoms with E-state index in [9.17, 15) is 13.2 Å². The van der Waals surface area contributed by atoms with E-state index in [1.807, 2.05) is 0 Å². The van der Waals surface area contributed by atoms with E-state index in [4.69, 9.17) is 4.74 Å². The Morgan fingerprint density at radius 3 is 2.33 bits per heavy atom. The van der Waals surface area contributed by atoms with Gasteiger partial charge < -0.3 is 15.4 Å². The third-order valence-electron chi connectivity index (χ3n) is 4.06. The van der Waals surface area contributed by atoms with Crippen molar-refractivity contribution in [2.24, 2.45) is 0 Å². The lowest BCUT2D eigenvalue weighted by atomic mass is 10.1. The first-order valence-electron chi connectivity index (χ1n) is 7.51. The molecule has 122 valence electrons. The van der Waals surface area contributed by atoms with E-state index >= 15 is 0 Å². The first kappa shape index (κ1) is 16.7. The molecule has 0 atom stereocenters. The number of nitrogens with one attached hydrogen (secondary N) is 2. The zero-order chi connectivity index (χ0) is 15.3. The lowest BCUT2D eigenvalue weighted by Gasteiger charge is -2.31. The molecule has 0 radical (unpaired) electrons. The van der Waals surface area contributed by atoms with Crippen molar-refractivity contribution in [3.8, 4) is 0 Å². The Labute approximate surface area is 126 Å². The van der Waals surface area contributed by atoms with Gasteiger partial charge in [-0.05, 0) is 25.7 Å². The average Bonchev–Trinajstić information content (AvgIpc) is 2.46. The molecular weight excluding hydrogens is 294 g/mol.